The van der Waals surface area contributed by atoms with Gasteiger partial charge in [0, 0.05) is 61.3 Å². The molecule has 0 unspecified atom stereocenters. The Morgan fingerprint density at radius 3 is 2.34 bits per heavy atom. The minimum Gasteiger partial charge on any atom is -0.368 e. The first kappa shape index (κ1) is 23.7. The smallest absolute Gasteiger partial charge is 0.270 e. The van der Waals surface area contributed by atoms with Crippen LogP contribution in [0.5, 0.6) is 0 Å². The van der Waals surface area contributed by atoms with E-state index in [0.717, 1.165) is 29.9 Å². The van der Waals surface area contributed by atoms with Gasteiger partial charge in [0.2, 0.25) is 5.91 Å². The molecule has 0 saturated carbocycles. The Morgan fingerprint density at radius 2 is 1.66 bits per heavy atom. The molecule has 0 atom stereocenters. The Morgan fingerprint density at radius 1 is 0.943 bits per heavy atom. The van der Waals surface area contributed by atoms with E-state index in [0.29, 0.717) is 24.3 Å². The number of nitrogens with one attached hydrogen (secondary N) is 1. The van der Waals surface area contributed by atoms with Gasteiger partial charge in [-0.15, -0.1) is 0 Å². The molecule has 0 bridgehead atoms. The summed E-state index contributed by atoms with van der Waals surface area (Å²) in [4.78, 5) is 39.6. The van der Waals surface area contributed by atoms with Crippen molar-refractivity contribution in [2.45, 2.75) is 6.92 Å². The molecule has 8 nitrogen and oxygen atoms in total. The normalized spacial score (nSPS) is 13.6. The molecule has 3 aromatic rings. The highest BCUT2D eigenvalue weighted by molar-refractivity contribution is 6.02. The first-order valence-corrected chi connectivity index (χ1v) is 11.3. The van der Waals surface area contributed by atoms with E-state index < -0.39 is 4.92 Å². The topological polar surface area (TPSA) is 95.8 Å². The van der Waals surface area contributed by atoms with E-state index >= 15 is 0 Å². The minimum absolute atomic E-state index is 0.0245. The van der Waals surface area contributed by atoms with Gasteiger partial charge in [0.15, 0.2) is 0 Å². The molecule has 0 radical (unpaired) electrons. The third-order valence-electron chi connectivity index (χ3n) is 5.95. The minimum atomic E-state index is -0.471. The highest BCUT2D eigenvalue weighted by Gasteiger charge is 2.23. The van der Waals surface area contributed by atoms with Crippen molar-refractivity contribution in [3.05, 3.63) is 106 Å². The molecule has 1 aliphatic rings. The summed E-state index contributed by atoms with van der Waals surface area (Å²) in [5.41, 5.74) is 3.96. The molecule has 1 N–H and O–H groups in total. The molecule has 1 saturated heterocycles. The van der Waals surface area contributed by atoms with Crippen LogP contribution in [-0.4, -0.2) is 47.8 Å². The van der Waals surface area contributed by atoms with Gasteiger partial charge in [-0.2, -0.15) is 0 Å². The van der Waals surface area contributed by atoms with Crippen molar-refractivity contribution < 1.29 is 14.5 Å². The van der Waals surface area contributed by atoms with Gasteiger partial charge in [0.05, 0.1) is 4.92 Å². The Balaban J connectivity index is 1.30. The largest absolute Gasteiger partial charge is 0.368 e. The average Bonchev–Trinajstić information content (AvgIpc) is 2.88. The number of hydrogen-bond acceptors (Lipinski definition) is 5. The zero-order chi connectivity index (χ0) is 24.8. The highest BCUT2D eigenvalue weighted by atomic mass is 16.6. The fourth-order valence-electron chi connectivity index (χ4n) is 4.00. The number of carbonyl (C=O) groups is 2. The summed E-state index contributed by atoms with van der Waals surface area (Å²) in [6.07, 6.45) is 2.88. The summed E-state index contributed by atoms with van der Waals surface area (Å²) in [6.45, 7) is 4.71. The predicted molar refractivity (Wildman–Crippen MR) is 136 cm³/mol. The maximum atomic E-state index is 12.8. The van der Waals surface area contributed by atoms with E-state index in [1.54, 1.807) is 12.1 Å². The zero-order valence-electron chi connectivity index (χ0n) is 19.4. The van der Waals surface area contributed by atoms with Crippen LogP contribution in [0, 0.1) is 17.0 Å². The Bertz CT molecular complexity index is 1260. The summed E-state index contributed by atoms with van der Waals surface area (Å²) < 4.78 is 0. The number of amides is 2. The number of nitro groups is 1. The quantitative estimate of drug-likeness (QED) is 0.325. The molecule has 4 rings (SSSR count). The average molecular weight is 471 g/mol. The highest BCUT2D eigenvalue weighted by Crippen LogP contribution is 2.21. The Kier molecular flexibility index (Phi) is 7.21. The molecule has 0 aliphatic carbocycles. The molecule has 178 valence electrons. The number of piperazine rings is 1. The van der Waals surface area contributed by atoms with E-state index in [1.807, 2.05) is 60.4 Å². The second kappa shape index (κ2) is 10.6. The monoisotopic (exact) mass is 470 g/mol. The molecule has 2 amide bonds. The van der Waals surface area contributed by atoms with Crippen molar-refractivity contribution in [1.29, 1.82) is 0 Å². The number of nitrogens with zero attached hydrogens (tertiary/aromatic N) is 3. The number of nitro benzene ring substituents is 1. The standard InChI is InChI=1S/C27H26N4O4/c1-20-5-2-3-8-25(20)27(33)30-17-15-29(16-18-30)23-12-10-22(11-13-23)28-26(32)14-9-21-6-4-7-24(19-21)31(34)35/h2-14,19H,15-18H2,1H3,(H,28,32). The van der Waals surface area contributed by atoms with Gasteiger partial charge in [-0.3, -0.25) is 19.7 Å². The first-order chi connectivity index (χ1) is 16.9. The van der Waals surface area contributed by atoms with E-state index in [2.05, 4.69) is 10.2 Å². The lowest BCUT2D eigenvalue weighted by atomic mass is 10.1. The zero-order valence-corrected chi connectivity index (χ0v) is 19.4. The van der Waals surface area contributed by atoms with Gasteiger partial charge in [-0.1, -0.05) is 30.3 Å². The van der Waals surface area contributed by atoms with E-state index in [4.69, 9.17) is 0 Å². The molecule has 0 aromatic heterocycles. The molecular weight excluding hydrogens is 444 g/mol. The number of rotatable bonds is 6. The number of non-ortho nitro benzene ring substituents is 1. The summed E-state index contributed by atoms with van der Waals surface area (Å²) in [7, 11) is 0. The maximum Gasteiger partial charge on any atom is 0.270 e. The maximum absolute atomic E-state index is 12.8. The summed E-state index contributed by atoms with van der Waals surface area (Å²) in [6, 6.07) is 21.3. The molecule has 1 fully saturated rings. The van der Waals surface area contributed by atoms with Crippen molar-refractivity contribution >= 4 is 35.0 Å². The van der Waals surface area contributed by atoms with Crippen molar-refractivity contribution in [2.24, 2.45) is 0 Å². The van der Waals surface area contributed by atoms with Crippen LogP contribution in [0.15, 0.2) is 78.9 Å². The Hall–Kier alpha value is -4.46. The van der Waals surface area contributed by atoms with Crippen LogP contribution in [0.4, 0.5) is 17.1 Å². The van der Waals surface area contributed by atoms with Crippen molar-refractivity contribution in [2.75, 3.05) is 36.4 Å². The lowest BCUT2D eigenvalue weighted by molar-refractivity contribution is -0.384. The summed E-state index contributed by atoms with van der Waals surface area (Å²) in [5, 5.41) is 13.7. The third kappa shape index (κ3) is 5.92. The van der Waals surface area contributed by atoms with Crippen LogP contribution in [-0.2, 0) is 4.79 Å². The second-order valence-corrected chi connectivity index (χ2v) is 8.32. The Labute approximate surface area is 203 Å². The summed E-state index contributed by atoms with van der Waals surface area (Å²) >= 11 is 0. The van der Waals surface area contributed by atoms with Crippen molar-refractivity contribution in [1.82, 2.24) is 4.90 Å². The molecular formula is C27H26N4O4. The van der Waals surface area contributed by atoms with Crippen molar-refractivity contribution in [3.63, 3.8) is 0 Å². The molecule has 0 spiro atoms. The predicted octanol–water partition coefficient (Wildman–Crippen LogP) is 4.52. The van der Waals surface area contributed by atoms with E-state index in [-0.39, 0.29) is 17.5 Å². The van der Waals surface area contributed by atoms with Crippen LogP contribution >= 0.6 is 0 Å². The molecule has 35 heavy (non-hydrogen) atoms. The SMILES string of the molecule is Cc1ccccc1C(=O)N1CCN(c2ccc(NC(=O)C=Cc3cccc([N+](=O)[O-])c3)cc2)CC1. The molecule has 1 heterocycles. The van der Waals surface area contributed by atoms with Gasteiger partial charge < -0.3 is 15.1 Å². The number of carbonyl (C=O) groups excluding carboxylic acids is 2. The van der Waals surface area contributed by atoms with Crippen LogP contribution in [0.2, 0.25) is 0 Å². The van der Waals surface area contributed by atoms with Crippen LogP contribution in [0.1, 0.15) is 21.5 Å². The molecule has 3 aromatic carbocycles. The molecule has 1 aliphatic heterocycles. The third-order valence-corrected chi connectivity index (χ3v) is 5.95. The van der Waals surface area contributed by atoms with E-state index in [9.17, 15) is 19.7 Å². The molecule has 8 heteroatoms. The fraction of sp³-hybridized carbons (Fsp3) is 0.185. The number of hydrogen-bond donors (Lipinski definition) is 1. The second-order valence-electron chi connectivity index (χ2n) is 8.32. The lowest BCUT2D eigenvalue weighted by Crippen LogP contribution is -2.48. The number of aryl methyl sites for hydroxylation is 1. The number of anilines is 2. The van der Waals surface area contributed by atoms with Gasteiger partial charge in [-0.05, 0) is 54.5 Å². The van der Waals surface area contributed by atoms with Gasteiger partial charge >= 0.3 is 0 Å². The fourth-order valence-corrected chi connectivity index (χ4v) is 4.00. The van der Waals surface area contributed by atoms with Gasteiger partial charge in [0.25, 0.3) is 11.6 Å². The summed E-state index contributed by atoms with van der Waals surface area (Å²) in [5.74, 6) is -0.258. The first-order valence-electron chi connectivity index (χ1n) is 11.3. The lowest BCUT2D eigenvalue weighted by Gasteiger charge is -2.36. The van der Waals surface area contributed by atoms with Crippen LogP contribution in [0.25, 0.3) is 6.08 Å². The van der Waals surface area contributed by atoms with Crippen LogP contribution < -0.4 is 10.2 Å². The van der Waals surface area contributed by atoms with Crippen molar-refractivity contribution in [3.8, 4) is 0 Å². The van der Waals surface area contributed by atoms with Gasteiger partial charge in [0.1, 0.15) is 0 Å². The number of benzene rings is 3. The van der Waals surface area contributed by atoms with Gasteiger partial charge in [-0.25, -0.2) is 0 Å². The van der Waals surface area contributed by atoms with Crippen LogP contribution in [0.3, 0.4) is 0 Å². The van der Waals surface area contributed by atoms with E-state index in [1.165, 1.54) is 24.3 Å².